The van der Waals surface area contributed by atoms with E-state index in [1.54, 1.807) is 26.0 Å². The number of rotatable bonds is 3. The van der Waals surface area contributed by atoms with Crippen LogP contribution in [-0.4, -0.2) is 5.97 Å². The van der Waals surface area contributed by atoms with E-state index in [-0.39, 0.29) is 24.3 Å². The third kappa shape index (κ3) is 3.17. The van der Waals surface area contributed by atoms with Crippen molar-refractivity contribution in [2.45, 2.75) is 20.5 Å². The van der Waals surface area contributed by atoms with E-state index in [9.17, 15) is 9.18 Å². The summed E-state index contributed by atoms with van der Waals surface area (Å²) in [6, 6.07) is 5.89. The average molecular weight is 196 g/mol. The van der Waals surface area contributed by atoms with E-state index < -0.39 is 0 Å². The summed E-state index contributed by atoms with van der Waals surface area (Å²) in [6.07, 6.45) is 0. The highest BCUT2D eigenvalue weighted by Crippen LogP contribution is 2.06. The first-order valence-corrected chi connectivity index (χ1v) is 4.50. The normalized spacial score (nSPS) is 10.3. The van der Waals surface area contributed by atoms with E-state index in [1.165, 1.54) is 12.1 Å². The highest BCUT2D eigenvalue weighted by atomic mass is 19.1. The number of carbonyl (C=O) groups excluding carboxylic acids is 1. The van der Waals surface area contributed by atoms with Crippen LogP contribution in [0.1, 0.15) is 19.4 Å². The van der Waals surface area contributed by atoms with Gasteiger partial charge in [-0.1, -0.05) is 26.0 Å². The largest absolute Gasteiger partial charge is 0.461 e. The molecule has 0 saturated heterocycles. The molecule has 0 fully saturated rings. The number of esters is 1. The number of hydrogen-bond acceptors (Lipinski definition) is 2. The summed E-state index contributed by atoms with van der Waals surface area (Å²) >= 11 is 0. The first-order valence-electron chi connectivity index (χ1n) is 4.50. The molecular formula is C11H13FO2. The molecule has 0 atom stereocenters. The maximum absolute atomic E-state index is 12.5. The predicted molar refractivity (Wildman–Crippen MR) is 51.0 cm³/mol. The molecule has 0 aliphatic heterocycles. The topological polar surface area (TPSA) is 26.3 Å². The van der Waals surface area contributed by atoms with Gasteiger partial charge in [0.25, 0.3) is 0 Å². The van der Waals surface area contributed by atoms with Crippen LogP contribution in [0, 0.1) is 11.7 Å². The molecule has 0 N–H and O–H groups in total. The van der Waals surface area contributed by atoms with Crippen LogP contribution in [-0.2, 0) is 16.1 Å². The Morgan fingerprint density at radius 2 is 1.93 bits per heavy atom. The number of hydrogen-bond donors (Lipinski definition) is 0. The first kappa shape index (κ1) is 10.7. The SMILES string of the molecule is CC(C)C(=O)OCc1ccc(F)cc1. The van der Waals surface area contributed by atoms with E-state index in [2.05, 4.69) is 0 Å². The van der Waals surface area contributed by atoms with Crippen LogP contribution in [0.25, 0.3) is 0 Å². The third-order valence-corrected chi connectivity index (χ3v) is 1.77. The summed E-state index contributed by atoms with van der Waals surface area (Å²) in [5, 5.41) is 0. The summed E-state index contributed by atoms with van der Waals surface area (Å²) in [6.45, 7) is 3.75. The van der Waals surface area contributed by atoms with Gasteiger partial charge in [-0.05, 0) is 17.7 Å². The number of halogens is 1. The first-order chi connectivity index (χ1) is 6.59. The monoisotopic (exact) mass is 196 g/mol. The van der Waals surface area contributed by atoms with Gasteiger partial charge in [-0.15, -0.1) is 0 Å². The lowest BCUT2D eigenvalue weighted by atomic mass is 10.2. The van der Waals surface area contributed by atoms with Crippen molar-refractivity contribution in [1.29, 1.82) is 0 Å². The Labute approximate surface area is 82.7 Å². The van der Waals surface area contributed by atoms with Crippen LogP contribution in [0.2, 0.25) is 0 Å². The highest BCUT2D eigenvalue weighted by Gasteiger charge is 2.07. The molecule has 0 aromatic heterocycles. The third-order valence-electron chi connectivity index (χ3n) is 1.77. The zero-order valence-electron chi connectivity index (χ0n) is 8.29. The zero-order chi connectivity index (χ0) is 10.6. The fraction of sp³-hybridized carbons (Fsp3) is 0.364. The molecule has 0 saturated carbocycles. The van der Waals surface area contributed by atoms with Crippen molar-refractivity contribution in [3.05, 3.63) is 35.6 Å². The van der Waals surface area contributed by atoms with E-state index in [0.29, 0.717) is 0 Å². The Kier molecular flexibility index (Phi) is 3.63. The molecule has 1 aromatic carbocycles. The van der Waals surface area contributed by atoms with Crippen LogP contribution >= 0.6 is 0 Å². The molecule has 0 unspecified atom stereocenters. The van der Waals surface area contributed by atoms with Crippen LogP contribution in [0.3, 0.4) is 0 Å². The average Bonchev–Trinajstić information content (AvgIpc) is 2.16. The number of carbonyl (C=O) groups is 1. The molecule has 1 rings (SSSR count). The molecule has 0 heterocycles. The van der Waals surface area contributed by atoms with Crippen molar-refractivity contribution >= 4 is 5.97 Å². The van der Waals surface area contributed by atoms with Crippen LogP contribution < -0.4 is 0 Å². The highest BCUT2D eigenvalue weighted by molar-refractivity contribution is 5.71. The van der Waals surface area contributed by atoms with Gasteiger partial charge in [0, 0.05) is 0 Å². The Balaban J connectivity index is 2.46. The molecule has 76 valence electrons. The lowest BCUT2D eigenvalue weighted by Crippen LogP contribution is -2.11. The summed E-state index contributed by atoms with van der Waals surface area (Å²) < 4.78 is 17.5. The maximum atomic E-state index is 12.5. The minimum atomic E-state index is -0.288. The summed E-state index contributed by atoms with van der Waals surface area (Å²) in [4.78, 5) is 11.1. The standard InChI is InChI=1S/C11H13FO2/c1-8(2)11(13)14-7-9-3-5-10(12)6-4-9/h3-6,8H,7H2,1-2H3. The molecule has 1 aromatic rings. The van der Waals surface area contributed by atoms with E-state index >= 15 is 0 Å². The molecule has 0 spiro atoms. The molecular weight excluding hydrogens is 183 g/mol. The van der Waals surface area contributed by atoms with Gasteiger partial charge in [0.2, 0.25) is 0 Å². The quantitative estimate of drug-likeness (QED) is 0.694. The Morgan fingerprint density at radius 3 is 2.43 bits per heavy atom. The van der Waals surface area contributed by atoms with Gasteiger partial charge in [0.1, 0.15) is 12.4 Å². The van der Waals surface area contributed by atoms with Gasteiger partial charge >= 0.3 is 5.97 Å². The minimum absolute atomic E-state index is 0.129. The van der Waals surface area contributed by atoms with E-state index in [4.69, 9.17) is 4.74 Å². The zero-order valence-corrected chi connectivity index (χ0v) is 8.29. The number of benzene rings is 1. The van der Waals surface area contributed by atoms with Crippen molar-refractivity contribution in [3.8, 4) is 0 Å². The second kappa shape index (κ2) is 4.74. The van der Waals surface area contributed by atoms with Gasteiger partial charge in [-0.2, -0.15) is 0 Å². The lowest BCUT2D eigenvalue weighted by Gasteiger charge is -2.06. The molecule has 0 aliphatic rings. The summed E-state index contributed by atoms with van der Waals surface area (Å²) in [7, 11) is 0. The van der Waals surface area contributed by atoms with Gasteiger partial charge in [-0.25, -0.2) is 4.39 Å². The molecule has 0 radical (unpaired) electrons. The molecule has 0 amide bonds. The Bertz CT molecular complexity index is 304. The lowest BCUT2D eigenvalue weighted by molar-refractivity contribution is -0.148. The molecule has 3 heteroatoms. The maximum Gasteiger partial charge on any atom is 0.308 e. The van der Waals surface area contributed by atoms with E-state index in [0.717, 1.165) is 5.56 Å². The second-order valence-electron chi connectivity index (χ2n) is 3.39. The van der Waals surface area contributed by atoms with Crippen molar-refractivity contribution in [2.24, 2.45) is 5.92 Å². The van der Waals surface area contributed by atoms with Gasteiger partial charge < -0.3 is 4.74 Å². The van der Waals surface area contributed by atoms with Crippen molar-refractivity contribution in [1.82, 2.24) is 0 Å². The predicted octanol–water partition coefficient (Wildman–Crippen LogP) is 2.52. The van der Waals surface area contributed by atoms with Crippen LogP contribution in [0.5, 0.6) is 0 Å². The Morgan fingerprint density at radius 1 is 1.36 bits per heavy atom. The van der Waals surface area contributed by atoms with Crippen LogP contribution in [0.4, 0.5) is 4.39 Å². The van der Waals surface area contributed by atoms with Gasteiger partial charge in [-0.3, -0.25) is 4.79 Å². The summed E-state index contributed by atoms with van der Waals surface area (Å²) in [5.41, 5.74) is 0.792. The van der Waals surface area contributed by atoms with Crippen LogP contribution in [0.15, 0.2) is 24.3 Å². The fourth-order valence-corrected chi connectivity index (χ4v) is 0.902. The second-order valence-corrected chi connectivity index (χ2v) is 3.39. The van der Waals surface area contributed by atoms with Crippen molar-refractivity contribution in [2.75, 3.05) is 0 Å². The smallest absolute Gasteiger partial charge is 0.308 e. The fourth-order valence-electron chi connectivity index (χ4n) is 0.902. The van der Waals surface area contributed by atoms with E-state index in [1.807, 2.05) is 0 Å². The minimum Gasteiger partial charge on any atom is -0.461 e. The molecule has 14 heavy (non-hydrogen) atoms. The number of ether oxygens (including phenoxy) is 1. The molecule has 0 aliphatic carbocycles. The van der Waals surface area contributed by atoms with Crippen molar-refractivity contribution < 1.29 is 13.9 Å². The summed E-state index contributed by atoms with van der Waals surface area (Å²) in [5.74, 6) is -0.659. The Hall–Kier alpha value is -1.38. The molecule has 0 bridgehead atoms. The van der Waals surface area contributed by atoms with Gasteiger partial charge in [0.05, 0.1) is 5.92 Å². The van der Waals surface area contributed by atoms with Gasteiger partial charge in [0.15, 0.2) is 0 Å². The molecule has 2 nitrogen and oxygen atoms in total. The van der Waals surface area contributed by atoms with Crippen molar-refractivity contribution in [3.63, 3.8) is 0 Å².